The van der Waals surface area contributed by atoms with Crippen molar-refractivity contribution in [2.24, 2.45) is 16.6 Å². The summed E-state index contributed by atoms with van der Waals surface area (Å²) < 4.78 is 20.7. The first-order chi connectivity index (χ1) is 24.1. The molecule has 5 rings (SSSR count). The molecular weight excluding hydrogens is 645 g/mol. The van der Waals surface area contributed by atoms with E-state index in [4.69, 9.17) is 26.3 Å². The van der Waals surface area contributed by atoms with Gasteiger partial charge in [-0.2, -0.15) is 0 Å². The molecule has 0 radical (unpaired) electrons. The van der Waals surface area contributed by atoms with Gasteiger partial charge < -0.3 is 21.1 Å². The number of nitrogens with zero attached hydrogens (tertiary/aromatic N) is 2. The van der Waals surface area contributed by atoms with E-state index in [1.54, 1.807) is 18.2 Å². The molecule has 50 heavy (non-hydrogen) atoms. The Labute approximate surface area is 303 Å². The van der Waals surface area contributed by atoms with Crippen molar-refractivity contribution in [1.82, 2.24) is 15.6 Å². The maximum Gasteiger partial charge on any atom is 0.148 e. The largest absolute Gasteiger partial charge is 0.491 e. The first-order valence-electron chi connectivity index (χ1n) is 16.7. The molecule has 0 bridgehead atoms. The normalized spacial score (nSPS) is 15.4. The van der Waals surface area contributed by atoms with Crippen molar-refractivity contribution in [1.29, 1.82) is 0 Å². The summed E-state index contributed by atoms with van der Waals surface area (Å²) in [6.07, 6.45) is 12.3. The van der Waals surface area contributed by atoms with Crippen molar-refractivity contribution in [3.8, 4) is 29.5 Å². The highest BCUT2D eigenvalue weighted by Crippen LogP contribution is 2.39. The number of aryl methyl sites for hydroxylation is 2. The summed E-state index contributed by atoms with van der Waals surface area (Å²) in [6.45, 7) is 27.3. The fourth-order valence-electron chi connectivity index (χ4n) is 5.25. The van der Waals surface area contributed by atoms with Gasteiger partial charge >= 0.3 is 0 Å². The molecule has 2 aromatic carbocycles. The van der Waals surface area contributed by atoms with Crippen LogP contribution in [0, 0.1) is 45.0 Å². The molecule has 1 atom stereocenters. The summed E-state index contributed by atoms with van der Waals surface area (Å²) in [4.78, 5) is 9.88. The Bertz CT molecular complexity index is 1780. The van der Waals surface area contributed by atoms with Gasteiger partial charge in [-0.1, -0.05) is 69.3 Å². The van der Waals surface area contributed by atoms with Crippen LogP contribution in [0.1, 0.15) is 67.5 Å². The molecule has 4 N–H and O–H groups in total. The van der Waals surface area contributed by atoms with Gasteiger partial charge in [-0.25, -0.2) is 14.4 Å². The molecule has 1 aliphatic heterocycles. The summed E-state index contributed by atoms with van der Waals surface area (Å²) in [5, 5.41) is 7.49. The molecule has 1 saturated carbocycles. The number of aromatic nitrogens is 1. The number of nitrogens with two attached hydrogens (primary N) is 1. The molecule has 3 aromatic rings. The maximum atomic E-state index is 14.5. The van der Waals surface area contributed by atoms with E-state index in [1.807, 2.05) is 84.2 Å². The van der Waals surface area contributed by atoms with E-state index in [2.05, 4.69) is 49.1 Å². The standard InChI is InChI=1S/C36H38ClFN4O.C2H3N.C2H6.C2H4/c1-7-43-35-22(3)17-32(42-34(35)30-16-11-21(2)33(37)24(30)5)31(27-9-8-10-29(38)18-27)20-39-25(6)28-13-12-23(4)41-36(40-19-28)26-14-15-26;1-2-3;2*1-2/h8-13,16-19,26,31,39H,4,6-7,14-15,20H2,1-3,5H3,(H,40,41);1H,3H2;1-2H3;1-2H2/b13-12-,28-19+;;;. The Kier molecular flexibility index (Phi) is 16.8. The van der Waals surface area contributed by atoms with E-state index in [0.29, 0.717) is 35.5 Å². The van der Waals surface area contributed by atoms with Crippen molar-refractivity contribution >= 4 is 17.4 Å². The Hall–Kier alpha value is -5.06. The van der Waals surface area contributed by atoms with Gasteiger partial charge in [-0.15, -0.1) is 13.2 Å². The van der Waals surface area contributed by atoms with Crippen molar-refractivity contribution in [3.05, 3.63) is 143 Å². The highest BCUT2D eigenvalue weighted by molar-refractivity contribution is 6.32. The molecule has 6 nitrogen and oxygen atoms in total. The average Bonchev–Trinajstić information content (AvgIpc) is 3.95. The lowest BCUT2D eigenvalue weighted by Crippen LogP contribution is -2.25. The van der Waals surface area contributed by atoms with Gasteiger partial charge in [-0.3, -0.25) is 0 Å². The molecule has 0 spiro atoms. The lowest BCUT2D eigenvalue weighted by molar-refractivity contribution is 0.337. The number of pyridine rings is 1. The van der Waals surface area contributed by atoms with Crippen LogP contribution in [0.3, 0.4) is 0 Å². The lowest BCUT2D eigenvalue weighted by atomic mass is 9.92. The molecule has 1 aromatic heterocycles. The fourth-order valence-corrected chi connectivity index (χ4v) is 5.41. The van der Waals surface area contributed by atoms with Gasteiger partial charge in [0.25, 0.3) is 0 Å². The second-order valence-corrected chi connectivity index (χ2v) is 11.7. The van der Waals surface area contributed by atoms with Crippen molar-refractivity contribution < 1.29 is 9.13 Å². The summed E-state index contributed by atoms with van der Waals surface area (Å²) in [5.74, 6) is 1.51. The van der Waals surface area contributed by atoms with E-state index in [0.717, 1.165) is 69.2 Å². The van der Waals surface area contributed by atoms with Crippen LogP contribution in [0.4, 0.5) is 4.39 Å². The van der Waals surface area contributed by atoms with Gasteiger partial charge in [0.1, 0.15) is 23.1 Å². The number of ether oxygens (including phenoxy) is 1. The molecule has 0 amide bonds. The fraction of sp³-hybridized carbons (Fsp3) is 0.286. The third kappa shape index (κ3) is 11.0. The monoisotopic (exact) mass is 695 g/mol. The molecule has 2 heterocycles. The van der Waals surface area contributed by atoms with Crippen LogP contribution in [-0.2, 0) is 0 Å². The molecule has 8 heteroatoms. The number of hydrogen-bond acceptors (Lipinski definition) is 6. The molecular formula is C42H51ClFN5O. The Morgan fingerprint density at radius 1 is 1.14 bits per heavy atom. The van der Waals surface area contributed by atoms with Crippen LogP contribution < -0.4 is 21.1 Å². The second kappa shape index (κ2) is 20.5. The van der Waals surface area contributed by atoms with E-state index < -0.39 is 0 Å². The van der Waals surface area contributed by atoms with E-state index in [1.165, 1.54) is 6.07 Å². The number of aliphatic imine (C=N–C) groups is 1. The summed E-state index contributed by atoms with van der Waals surface area (Å²) in [7, 11) is 0. The minimum atomic E-state index is -0.302. The summed E-state index contributed by atoms with van der Waals surface area (Å²) in [5.41, 5.74) is 12.8. The van der Waals surface area contributed by atoms with Crippen molar-refractivity contribution in [2.75, 3.05) is 13.2 Å². The topological polar surface area (TPSA) is 84.6 Å². The van der Waals surface area contributed by atoms with Crippen LogP contribution in [-0.4, -0.2) is 24.0 Å². The van der Waals surface area contributed by atoms with E-state index in [9.17, 15) is 4.39 Å². The van der Waals surface area contributed by atoms with Gasteiger partial charge in [-0.05, 0) is 99.2 Å². The predicted molar refractivity (Wildman–Crippen MR) is 211 cm³/mol. The number of amidine groups is 1. The first-order valence-corrected chi connectivity index (χ1v) is 17.1. The number of benzene rings is 2. The van der Waals surface area contributed by atoms with Gasteiger partial charge in [0.15, 0.2) is 0 Å². The minimum Gasteiger partial charge on any atom is -0.491 e. The number of rotatable bonds is 10. The summed E-state index contributed by atoms with van der Waals surface area (Å²) in [6, 6.07) is 14.5. The van der Waals surface area contributed by atoms with E-state index in [-0.39, 0.29) is 11.7 Å². The Balaban J connectivity index is 0.00000116. The van der Waals surface area contributed by atoms with E-state index >= 15 is 0 Å². The van der Waals surface area contributed by atoms with Crippen LogP contribution >= 0.6 is 11.6 Å². The number of hydrogen-bond donors (Lipinski definition) is 3. The zero-order chi connectivity index (χ0) is 37.4. The Morgan fingerprint density at radius 2 is 1.82 bits per heavy atom. The first kappa shape index (κ1) is 41.1. The zero-order valence-corrected chi connectivity index (χ0v) is 31.1. The van der Waals surface area contributed by atoms with Crippen LogP contribution in [0.15, 0.2) is 109 Å². The van der Waals surface area contributed by atoms with Crippen molar-refractivity contribution in [3.63, 3.8) is 0 Å². The summed E-state index contributed by atoms with van der Waals surface area (Å²) >= 11 is 6.68. The van der Waals surface area contributed by atoms with Gasteiger partial charge in [0.2, 0.25) is 0 Å². The molecule has 1 unspecified atom stereocenters. The van der Waals surface area contributed by atoms with Crippen LogP contribution in [0.5, 0.6) is 5.75 Å². The second-order valence-electron chi connectivity index (χ2n) is 11.3. The highest BCUT2D eigenvalue weighted by Gasteiger charge is 2.28. The molecule has 1 aliphatic carbocycles. The third-order valence-corrected chi connectivity index (χ3v) is 8.42. The highest BCUT2D eigenvalue weighted by atomic mass is 35.5. The van der Waals surface area contributed by atoms with Crippen LogP contribution in [0.25, 0.3) is 11.3 Å². The SMILES string of the molecule is C#CN.C=C.C=C1/C=C\C(C(=C)NCC(c2cccc(F)c2)c2cc(C)c(OCC)c(-c3ccc(C)c(Cl)c3C)n2)=C/N=C(C2CC2)N1.CC. The number of allylic oxidation sites excluding steroid dienone is 2. The molecule has 1 fully saturated rings. The number of terminal acetylenes is 1. The molecule has 0 saturated heterocycles. The average molecular weight is 696 g/mol. The molecule has 264 valence electrons. The van der Waals surface area contributed by atoms with Gasteiger partial charge in [0, 0.05) is 52.1 Å². The number of halogens is 2. The maximum absolute atomic E-state index is 14.5. The minimum absolute atomic E-state index is 0.290. The van der Waals surface area contributed by atoms with Crippen LogP contribution in [0.2, 0.25) is 5.02 Å². The third-order valence-electron chi connectivity index (χ3n) is 7.84. The quantitative estimate of drug-likeness (QED) is 0.112. The van der Waals surface area contributed by atoms with Crippen molar-refractivity contribution in [2.45, 2.75) is 60.3 Å². The predicted octanol–water partition coefficient (Wildman–Crippen LogP) is 9.83. The number of nitrogens with one attached hydrogen (secondary N) is 2. The Morgan fingerprint density at radius 3 is 2.44 bits per heavy atom. The zero-order valence-electron chi connectivity index (χ0n) is 30.3. The lowest BCUT2D eigenvalue weighted by Gasteiger charge is -2.23. The van der Waals surface area contributed by atoms with Gasteiger partial charge in [0.05, 0.1) is 12.3 Å². The smallest absolute Gasteiger partial charge is 0.148 e. The molecule has 2 aliphatic rings.